The first-order valence-electron chi connectivity index (χ1n) is 8.89. The zero-order valence-electron chi connectivity index (χ0n) is 14.3. The maximum absolute atomic E-state index is 4.82. The van der Waals surface area contributed by atoms with Crippen molar-refractivity contribution < 1.29 is 0 Å². The van der Waals surface area contributed by atoms with Crippen LogP contribution in [0, 0.1) is 0 Å². The van der Waals surface area contributed by atoms with Crippen molar-refractivity contribution in [2.24, 2.45) is 5.10 Å². The lowest BCUT2D eigenvalue weighted by Gasteiger charge is -2.23. The van der Waals surface area contributed by atoms with Gasteiger partial charge in [-0.15, -0.1) is 0 Å². The van der Waals surface area contributed by atoms with Gasteiger partial charge >= 0.3 is 0 Å². The second kappa shape index (κ2) is 7.34. The van der Waals surface area contributed by atoms with E-state index in [9.17, 15) is 0 Å². The molecule has 0 aliphatic carbocycles. The van der Waals surface area contributed by atoms with Crippen LogP contribution in [0.3, 0.4) is 0 Å². The van der Waals surface area contributed by atoms with Crippen LogP contribution in [0.1, 0.15) is 24.8 Å². The Bertz CT molecular complexity index is 831. The molecule has 1 aliphatic rings. The molecule has 4 rings (SSSR count). The van der Waals surface area contributed by atoms with Gasteiger partial charge in [-0.3, -0.25) is 5.01 Å². The molecule has 0 radical (unpaired) electrons. The standard InChI is InChI=1S/C21H22N4/c1-4-10-18(11-5-1)21-19(16-22-24-14-8-3-9-15-24)17-25(23-21)20-12-6-2-7-13-20/h1-2,4-7,10-13,16-17H,3,8-9,14-15H2/b22-16+. The van der Waals surface area contributed by atoms with Crippen LogP contribution in [-0.4, -0.2) is 34.1 Å². The molecule has 4 heteroatoms. The smallest absolute Gasteiger partial charge is 0.102 e. The topological polar surface area (TPSA) is 33.4 Å². The van der Waals surface area contributed by atoms with Crippen LogP contribution in [0.4, 0.5) is 0 Å². The van der Waals surface area contributed by atoms with Gasteiger partial charge in [0.05, 0.1) is 11.9 Å². The number of aromatic nitrogens is 2. The second-order valence-electron chi connectivity index (χ2n) is 6.34. The molecule has 1 aromatic heterocycles. The molecule has 1 saturated heterocycles. The number of para-hydroxylation sites is 1. The van der Waals surface area contributed by atoms with Gasteiger partial charge in [-0.2, -0.15) is 10.2 Å². The molecular weight excluding hydrogens is 308 g/mol. The fraction of sp³-hybridized carbons (Fsp3) is 0.238. The van der Waals surface area contributed by atoms with Crippen molar-refractivity contribution in [1.29, 1.82) is 0 Å². The molecule has 25 heavy (non-hydrogen) atoms. The highest BCUT2D eigenvalue weighted by Crippen LogP contribution is 2.22. The predicted molar refractivity (Wildman–Crippen MR) is 102 cm³/mol. The highest BCUT2D eigenvalue weighted by molar-refractivity contribution is 5.88. The SMILES string of the molecule is C(=N\N1CCCCC1)/c1cn(-c2ccccc2)nc1-c1ccccc1. The van der Waals surface area contributed by atoms with Gasteiger partial charge in [-0.1, -0.05) is 48.5 Å². The first-order valence-corrected chi connectivity index (χ1v) is 8.89. The summed E-state index contributed by atoms with van der Waals surface area (Å²) < 4.78 is 1.93. The summed E-state index contributed by atoms with van der Waals surface area (Å²) in [5.74, 6) is 0. The van der Waals surface area contributed by atoms with E-state index in [0.29, 0.717) is 0 Å². The Balaban J connectivity index is 1.70. The van der Waals surface area contributed by atoms with Crippen molar-refractivity contribution in [2.75, 3.05) is 13.1 Å². The summed E-state index contributed by atoms with van der Waals surface area (Å²) in [6.45, 7) is 2.09. The third-order valence-electron chi connectivity index (χ3n) is 4.50. The van der Waals surface area contributed by atoms with Gasteiger partial charge in [0.1, 0.15) is 5.69 Å². The Hall–Kier alpha value is -2.88. The minimum Gasteiger partial charge on any atom is -0.297 e. The van der Waals surface area contributed by atoms with Crippen molar-refractivity contribution in [3.63, 3.8) is 0 Å². The van der Waals surface area contributed by atoms with Crippen molar-refractivity contribution >= 4 is 6.21 Å². The van der Waals surface area contributed by atoms with E-state index in [0.717, 1.165) is 35.6 Å². The van der Waals surface area contributed by atoms with Crippen LogP contribution < -0.4 is 0 Å². The van der Waals surface area contributed by atoms with Gasteiger partial charge < -0.3 is 0 Å². The minimum absolute atomic E-state index is 0.963. The summed E-state index contributed by atoms with van der Waals surface area (Å²) in [5, 5.41) is 11.7. The Morgan fingerprint density at radius 3 is 2.24 bits per heavy atom. The Morgan fingerprint density at radius 1 is 0.840 bits per heavy atom. The monoisotopic (exact) mass is 330 g/mol. The van der Waals surface area contributed by atoms with Crippen LogP contribution in [-0.2, 0) is 0 Å². The van der Waals surface area contributed by atoms with Crippen LogP contribution in [0.5, 0.6) is 0 Å². The molecule has 0 N–H and O–H groups in total. The molecule has 0 saturated carbocycles. The number of hydrogen-bond acceptors (Lipinski definition) is 3. The van der Waals surface area contributed by atoms with Crippen LogP contribution in [0.2, 0.25) is 0 Å². The fourth-order valence-electron chi connectivity index (χ4n) is 3.15. The lowest BCUT2D eigenvalue weighted by atomic mass is 10.1. The van der Waals surface area contributed by atoms with Gasteiger partial charge in [0.25, 0.3) is 0 Å². The molecule has 3 aromatic rings. The van der Waals surface area contributed by atoms with Gasteiger partial charge in [-0.25, -0.2) is 4.68 Å². The lowest BCUT2D eigenvalue weighted by Crippen LogP contribution is -2.24. The highest BCUT2D eigenvalue weighted by atomic mass is 15.4. The highest BCUT2D eigenvalue weighted by Gasteiger charge is 2.12. The summed E-state index contributed by atoms with van der Waals surface area (Å²) in [4.78, 5) is 0. The minimum atomic E-state index is 0.963. The maximum atomic E-state index is 4.82. The van der Waals surface area contributed by atoms with Gasteiger partial charge in [0, 0.05) is 30.4 Å². The van der Waals surface area contributed by atoms with Crippen molar-refractivity contribution in [1.82, 2.24) is 14.8 Å². The molecule has 0 amide bonds. The van der Waals surface area contributed by atoms with E-state index in [2.05, 4.69) is 35.5 Å². The zero-order chi connectivity index (χ0) is 16.9. The maximum Gasteiger partial charge on any atom is 0.102 e. The summed E-state index contributed by atoms with van der Waals surface area (Å²) >= 11 is 0. The van der Waals surface area contributed by atoms with Crippen LogP contribution in [0.15, 0.2) is 72.0 Å². The molecule has 1 aliphatic heterocycles. The average molecular weight is 330 g/mol. The molecule has 0 bridgehead atoms. The summed E-state index contributed by atoms with van der Waals surface area (Å²) in [7, 11) is 0. The Labute approximate surface area is 148 Å². The van der Waals surface area contributed by atoms with Gasteiger partial charge in [0.2, 0.25) is 0 Å². The number of hydrazone groups is 1. The first-order chi connectivity index (χ1) is 12.4. The summed E-state index contributed by atoms with van der Waals surface area (Å²) in [5.41, 5.74) is 4.17. The average Bonchev–Trinajstić information content (AvgIpc) is 3.13. The predicted octanol–water partition coefficient (Wildman–Crippen LogP) is 4.36. The van der Waals surface area contributed by atoms with Crippen molar-refractivity contribution in [3.8, 4) is 16.9 Å². The molecule has 126 valence electrons. The van der Waals surface area contributed by atoms with E-state index in [1.807, 2.05) is 47.3 Å². The van der Waals surface area contributed by atoms with E-state index >= 15 is 0 Å². The van der Waals surface area contributed by atoms with E-state index in [1.54, 1.807) is 0 Å². The quantitative estimate of drug-likeness (QED) is 0.666. The Kier molecular flexibility index (Phi) is 4.59. The third kappa shape index (κ3) is 3.63. The van der Waals surface area contributed by atoms with E-state index in [-0.39, 0.29) is 0 Å². The molecule has 0 atom stereocenters. The normalized spacial score (nSPS) is 15.0. The molecule has 0 unspecified atom stereocenters. The van der Waals surface area contributed by atoms with Crippen LogP contribution in [0.25, 0.3) is 16.9 Å². The van der Waals surface area contributed by atoms with E-state index in [4.69, 9.17) is 10.2 Å². The number of nitrogens with zero attached hydrogens (tertiary/aromatic N) is 4. The molecule has 4 nitrogen and oxygen atoms in total. The number of hydrogen-bond donors (Lipinski definition) is 0. The molecule has 1 fully saturated rings. The largest absolute Gasteiger partial charge is 0.297 e. The fourth-order valence-corrected chi connectivity index (χ4v) is 3.15. The molecule has 2 aromatic carbocycles. The molecule has 2 heterocycles. The van der Waals surface area contributed by atoms with Gasteiger partial charge in [0.15, 0.2) is 0 Å². The number of benzene rings is 2. The Morgan fingerprint density at radius 2 is 1.52 bits per heavy atom. The van der Waals surface area contributed by atoms with Crippen LogP contribution >= 0.6 is 0 Å². The zero-order valence-corrected chi connectivity index (χ0v) is 14.3. The summed E-state index contributed by atoms with van der Waals surface area (Å²) in [6, 6.07) is 20.5. The second-order valence-corrected chi connectivity index (χ2v) is 6.34. The lowest BCUT2D eigenvalue weighted by molar-refractivity contribution is 0.240. The summed E-state index contributed by atoms with van der Waals surface area (Å²) in [6.07, 6.45) is 7.79. The van der Waals surface area contributed by atoms with E-state index in [1.165, 1.54) is 19.3 Å². The molecule has 0 spiro atoms. The number of rotatable bonds is 4. The van der Waals surface area contributed by atoms with Crippen molar-refractivity contribution in [3.05, 3.63) is 72.4 Å². The van der Waals surface area contributed by atoms with Gasteiger partial charge in [-0.05, 0) is 31.4 Å². The number of piperidine rings is 1. The third-order valence-corrected chi connectivity index (χ3v) is 4.50. The first kappa shape index (κ1) is 15.6. The van der Waals surface area contributed by atoms with Crippen molar-refractivity contribution in [2.45, 2.75) is 19.3 Å². The van der Waals surface area contributed by atoms with E-state index < -0.39 is 0 Å². The molecular formula is C21H22N4.